The van der Waals surface area contributed by atoms with Crippen LogP contribution in [0.4, 0.5) is 5.69 Å². The number of hydrogen-bond acceptors (Lipinski definition) is 6. The molecule has 0 spiro atoms. The summed E-state index contributed by atoms with van der Waals surface area (Å²) in [7, 11) is 0. The largest absolute Gasteiger partial charge is 0.377 e. The summed E-state index contributed by atoms with van der Waals surface area (Å²) in [5, 5.41) is 6.07. The Labute approximate surface area is 203 Å². The number of hydrogen-bond donors (Lipinski definition) is 3. The second kappa shape index (κ2) is 11.7. The van der Waals surface area contributed by atoms with Crippen LogP contribution < -0.4 is 16.2 Å². The Bertz CT molecular complexity index is 1240. The maximum absolute atomic E-state index is 12.7. The number of para-hydroxylation sites is 2. The monoisotopic (exact) mass is 477 g/mol. The van der Waals surface area contributed by atoms with Gasteiger partial charge in [-0.3, -0.25) is 19.3 Å². The first kappa shape index (κ1) is 24.6. The lowest BCUT2D eigenvalue weighted by Crippen LogP contribution is -2.43. The van der Waals surface area contributed by atoms with Crippen LogP contribution in [-0.2, 0) is 27.3 Å². The SMILES string of the molecule is CCc1ccccc1NC(=O)CNC(=O)CN(Cc1nc2ccccc2c(=O)[nH]1)C[C@@H]1CCCO1. The molecule has 2 amide bonds. The number of aromatic nitrogens is 2. The van der Waals surface area contributed by atoms with Crippen molar-refractivity contribution in [3.05, 3.63) is 70.3 Å². The average Bonchev–Trinajstić information content (AvgIpc) is 3.36. The Kier molecular flexibility index (Phi) is 8.23. The molecule has 0 radical (unpaired) electrons. The topological polar surface area (TPSA) is 116 Å². The number of fused-ring (bicyclic) bond motifs is 1. The van der Waals surface area contributed by atoms with Crippen molar-refractivity contribution >= 4 is 28.4 Å². The molecule has 184 valence electrons. The summed E-state index contributed by atoms with van der Waals surface area (Å²) in [5.41, 5.74) is 2.18. The summed E-state index contributed by atoms with van der Waals surface area (Å²) in [6, 6.07) is 14.7. The average molecular weight is 478 g/mol. The van der Waals surface area contributed by atoms with Crippen LogP contribution in [0.1, 0.15) is 31.2 Å². The van der Waals surface area contributed by atoms with Crippen molar-refractivity contribution in [2.75, 3.05) is 31.6 Å². The van der Waals surface area contributed by atoms with E-state index in [0.717, 1.165) is 30.5 Å². The Morgan fingerprint density at radius 2 is 1.94 bits per heavy atom. The first-order chi connectivity index (χ1) is 17.0. The maximum Gasteiger partial charge on any atom is 0.258 e. The number of anilines is 1. The summed E-state index contributed by atoms with van der Waals surface area (Å²) < 4.78 is 5.75. The molecule has 9 heteroatoms. The predicted octanol–water partition coefficient (Wildman–Crippen LogP) is 2.22. The number of benzene rings is 2. The number of nitrogens with zero attached hydrogens (tertiary/aromatic N) is 2. The molecule has 2 aromatic carbocycles. The number of H-pyrrole nitrogens is 1. The quantitative estimate of drug-likeness (QED) is 0.412. The van der Waals surface area contributed by atoms with E-state index < -0.39 is 0 Å². The van der Waals surface area contributed by atoms with Gasteiger partial charge in [0.2, 0.25) is 11.8 Å². The van der Waals surface area contributed by atoms with Gasteiger partial charge in [0.15, 0.2) is 0 Å². The minimum atomic E-state index is -0.287. The maximum atomic E-state index is 12.7. The molecule has 0 saturated carbocycles. The smallest absolute Gasteiger partial charge is 0.258 e. The molecule has 4 rings (SSSR count). The van der Waals surface area contributed by atoms with Crippen molar-refractivity contribution in [3.8, 4) is 0 Å². The fourth-order valence-corrected chi connectivity index (χ4v) is 4.27. The van der Waals surface area contributed by atoms with Crippen molar-refractivity contribution in [2.24, 2.45) is 0 Å². The molecule has 9 nitrogen and oxygen atoms in total. The Morgan fingerprint density at radius 3 is 2.74 bits per heavy atom. The zero-order valence-electron chi connectivity index (χ0n) is 19.9. The summed E-state index contributed by atoms with van der Waals surface area (Å²) in [4.78, 5) is 46.8. The molecule has 1 atom stereocenters. The molecule has 3 aromatic rings. The van der Waals surface area contributed by atoms with E-state index >= 15 is 0 Å². The van der Waals surface area contributed by atoms with Crippen LogP contribution in [0.2, 0.25) is 0 Å². The molecule has 1 saturated heterocycles. The van der Waals surface area contributed by atoms with Gasteiger partial charge >= 0.3 is 0 Å². The number of aryl methyl sites for hydroxylation is 1. The third-order valence-electron chi connectivity index (χ3n) is 6.01. The van der Waals surface area contributed by atoms with Gasteiger partial charge in [-0.15, -0.1) is 0 Å². The standard InChI is InChI=1S/C26H31N5O4/c1-2-18-8-3-5-11-21(18)29-24(32)14-27-25(33)17-31(15-19-9-7-13-35-19)16-23-28-22-12-6-4-10-20(22)26(34)30-23/h3-6,8,10-12,19H,2,7,9,13-17H2,1H3,(H,27,33)(H,29,32)(H,28,30,34)/t19-/m0/s1. The third kappa shape index (κ3) is 6.74. The van der Waals surface area contributed by atoms with Gasteiger partial charge in [-0.05, 0) is 43.0 Å². The van der Waals surface area contributed by atoms with Crippen molar-refractivity contribution in [1.29, 1.82) is 0 Å². The molecule has 0 bridgehead atoms. The lowest BCUT2D eigenvalue weighted by atomic mass is 10.1. The van der Waals surface area contributed by atoms with Crippen LogP contribution in [0.25, 0.3) is 10.9 Å². The summed E-state index contributed by atoms with van der Waals surface area (Å²) in [6.45, 7) is 3.45. The van der Waals surface area contributed by atoms with Crippen LogP contribution in [0.15, 0.2) is 53.3 Å². The molecule has 1 fully saturated rings. The third-order valence-corrected chi connectivity index (χ3v) is 6.01. The van der Waals surface area contributed by atoms with Gasteiger partial charge in [0.1, 0.15) is 5.82 Å². The minimum Gasteiger partial charge on any atom is -0.377 e. The number of aromatic amines is 1. The zero-order chi connectivity index (χ0) is 24.6. The van der Waals surface area contributed by atoms with E-state index in [1.54, 1.807) is 18.2 Å². The van der Waals surface area contributed by atoms with Crippen molar-refractivity contribution in [2.45, 2.75) is 38.8 Å². The highest BCUT2D eigenvalue weighted by Gasteiger charge is 2.22. The van der Waals surface area contributed by atoms with Gasteiger partial charge in [0.05, 0.1) is 36.6 Å². The summed E-state index contributed by atoms with van der Waals surface area (Å²) in [6.07, 6.45) is 2.71. The molecule has 0 aliphatic carbocycles. The number of carbonyl (C=O) groups excluding carboxylic acids is 2. The molecule has 1 aliphatic heterocycles. The van der Waals surface area contributed by atoms with Gasteiger partial charge in [-0.1, -0.05) is 37.3 Å². The molecular formula is C26H31N5O4. The molecule has 1 aromatic heterocycles. The van der Waals surface area contributed by atoms with Gasteiger partial charge in [0, 0.05) is 18.8 Å². The molecule has 1 aliphatic rings. The number of carbonyl (C=O) groups is 2. The first-order valence-corrected chi connectivity index (χ1v) is 12.0. The fraction of sp³-hybridized carbons (Fsp3) is 0.385. The molecule has 3 N–H and O–H groups in total. The van der Waals surface area contributed by atoms with Crippen molar-refractivity contribution in [1.82, 2.24) is 20.2 Å². The van der Waals surface area contributed by atoms with E-state index in [1.165, 1.54) is 0 Å². The van der Waals surface area contributed by atoms with Gasteiger partial charge < -0.3 is 20.4 Å². The second-order valence-electron chi connectivity index (χ2n) is 8.67. The molecule has 2 heterocycles. The normalized spacial score (nSPS) is 15.4. The second-order valence-corrected chi connectivity index (χ2v) is 8.67. The lowest BCUT2D eigenvalue weighted by molar-refractivity contribution is -0.125. The van der Waals surface area contributed by atoms with Crippen molar-refractivity contribution < 1.29 is 14.3 Å². The van der Waals surface area contributed by atoms with E-state index in [4.69, 9.17) is 4.74 Å². The lowest BCUT2D eigenvalue weighted by Gasteiger charge is -2.24. The van der Waals surface area contributed by atoms with Gasteiger partial charge in [-0.2, -0.15) is 0 Å². The first-order valence-electron chi connectivity index (χ1n) is 12.0. The van der Waals surface area contributed by atoms with Gasteiger partial charge in [-0.25, -0.2) is 4.98 Å². The van der Waals surface area contributed by atoms with E-state index in [-0.39, 0.29) is 43.1 Å². The Balaban J connectivity index is 1.38. The number of rotatable bonds is 10. The van der Waals surface area contributed by atoms with Crippen LogP contribution in [-0.4, -0.2) is 59.0 Å². The van der Waals surface area contributed by atoms with E-state index in [9.17, 15) is 14.4 Å². The highest BCUT2D eigenvalue weighted by molar-refractivity contribution is 5.95. The van der Waals surface area contributed by atoms with E-state index in [0.29, 0.717) is 29.9 Å². The Morgan fingerprint density at radius 1 is 1.14 bits per heavy atom. The van der Waals surface area contributed by atoms with E-state index in [1.807, 2.05) is 42.2 Å². The van der Waals surface area contributed by atoms with Crippen LogP contribution >= 0.6 is 0 Å². The summed E-state index contributed by atoms with van der Waals surface area (Å²) >= 11 is 0. The molecule has 0 unspecified atom stereocenters. The van der Waals surface area contributed by atoms with Crippen LogP contribution in [0.5, 0.6) is 0 Å². The minimum absolute atomic E-state index is 0.0174. The molecule has 35 heavy (non-hydrogen) atoms. The van der Waals surface area contributed by atoms with Crippen LogP contribution in [0.3, 0.4) is 0 Å². The number of amides is 2. The van der Waals surface area contributed by atoms with Crippen molar-refractivity contribution in [3.63, 3.8) is 0 Å². The Hall–Kier alpha value is -3.56. The zero-order valence-corrected chi connectivity index (χ0v) is 19.9. The fourth-order valence-electron chi connectivity index (χ4n) is 4.27. The van der Waals surface area contributed by atoms with Crippen LogP contribution in [0, 0.1) is 0 Å². The van der Waals surface area contributed by atoms with Gasteiger partial charge in [0.25, 0.3) is 5.56 Å². The highest BCUT2D eigenvalue weighted by atomic mass is 16.5. The number of ether oxygens (including phenoxy) is 1. The highest BCUT2D eigenvalue weighted by Crippen LogP contribution is 2.16. The van der Waals surface area contributed by atoms with E-state index in [2.05, 4.69) is 20.6 Å². The predicted molar refractivity (Wildman–Crippen MR) is 134 cm³/mol. The number of nitrogens with one attached hydrogen (secondary N) is 3. The summed E-state index contributed by atoms with van der Waals surface area (Å²) in [5.74, 6) is -0.0936. The molecular weight excluding hydrogens is 446 g/mol.